The van der Waals surface area contributed by atoms with Gasteiger partial charge in [0.05, 0.1) is 12.2 Å². The molecule has 2 rings (SSSR count). The molecule has 1 aromatic heterocycles. The fourth-order valence-corrected chi connectivity index (χ4v) is 1.72. The second-order valence-corrected chi connectivity index (χ2v) is 4.16. The van der Waals surface area contributed by atoms with E-state index in [1.807, 2.05) is 0 Å². The number of nitrogens with one attached hydrogen (secondary N) is 1. The number of carboxylic acids is 1. The number of hydrogen-bond acceptors (Lipinski definition) is 5. The fourth-order valence-electron chi connectivity index (χ4n) is 1.72. The maximum atomic E-state index is 13.7. The van der Waals surface area contributed by atoms with Crippen molar-refractivity contribution in [2.75, 3.05) is 25.6 Å². The topological polar surface area (TPSA) is 84.3 Å². The van der Waals surface area contributed by atoms with Gasteiger partial charge in [-0.3, -0.25) is 0 Å². The summed E-state index contributed by atoms with van der Waals surface area (Å²) < 4.78 is 18.6. The van der Waals surface area contributed by atoms with Gasteiger partial charge in [0, 0.05) is 19.9 Å². The average Bonchev–Trinajstić information content (AvgIpc) is 2.47. The molecule has 0 saturated carbocycles. The van der Waals surface area contributed by atoms with E-state index in [0.29, 0.717) is 13.2 Å². The number of aromatic nitrogens is 2. The van der Waals surface area contributed by atoms with Gasteiger partial charge in [0.25, 0.3) is 0 Å². The summed E-state index contributed by atoms with van der Waals surface area (Å²) in [5, 5.41) is 12.0. The lowest BCUT2D eigenvalue weighted by Gasteiger charge is -2.10. The van der Waals surface area contributed by atoms with Gasteiger partial charge in [-0.2, -0.15) is 0 Å². The molecule has 7 heteroatoms. The monoisotopic (exact) mass is 291 g/mol. The van der Waals surface area contributed by atoms with Gasteiger partial charge in [-0.05, 0) is 12.1 Å². The van der Waals surface area contributed by atoms with Crippen LogP contribution in [-0.2, 0) is 4.74 Å². The molecule has 1 heterocycles. The van der Waals surface area contributed by atoms with E-state index < -0.39 is 11.8 Å². The Kier molecular flexibility index (Phi) is 4.78. The summed E-state index contributed by atoms with van der Waals surface area (Å²) in [7, 11) is 1.53. The Morgan fingerprint density at radius 1 is 1.43 bits per heavy atom. The summed E-state index contributed by atoms with van der Waals surface area (Å²) in [5.74, 6) is -1.37. The molecule has 0 amide bonds. The Balaban J connectivity index is 2.39. The van der Waals surface area contributed by atoms with Crippen molar-refractivity contribution >= 4 is 11.8 Å². The molecule has 0 aliphatic rings. The molecule has 0 radical (unpaired) electrons. The van der Waals surface area contributed by atoms with Crippen LogP contribution in [0.5, 0.6) is 0 Å². The number of ether oxygens (including phenoxy) is 1. The smallest absolute Gasteiger partial charge is 0.341 e. The number of nitrogens with zero attached hydrogens (tertiary/aromatic N) is 2. The molecule has 0 bridgehead atoms. The van der Waals surface area contributed by atoms with E-state index in [9.17, 15) is 9.18 Å². The van der Waals surface area contributed by atoms with Gasteiger partial charge in [0.2, 0.25) is 0 Å². The van der Waals surface area contributed by atoms with Crippen molar-refractivity contribution in [3.8, 4) is 11.4 Å². The molecule has 0 aliphatic carbocycles. The molecule has 2 aromatic rings. The van der Waals surface area contributed by atoms with Crippen LogP contribution in [-0.4, -0.2) is 41.3 Å². The van der Waals surface area contributed by atoms with Crippen LogP contribution in [0.25, 0.3) is 11.4 Å². The summed E-state index contributed by atoms with van der Waals surface area (Å²) in [5.41, 5.74) is 0.135. The standard InChI is InChI=1S/C14H14FN3O3/c1-21-7-6-16-13-10(14(19)20)8-17-12(18-13)9-4-2-3-5-11(9)15/h2-5,8H,6-7H2,1H3,(H,19,20)(H,16,17,18). The third-order valence-electron chi connectivity index (χ3n) is 2.73. The molecular weight excluding hydrogens is 277 g/mol. The highest BCUT2D eigenvalue weighted by Gasteiger charge is 2.15. The van der Waals surface area contributed by atoms with Crippen LogP contribution in [0, 0.1) is 5.82 Å². The van der Waals surface area contributed by atoms with E-state index in [4.69, 9.17) is 9.84 Å². The Labute approximate surface area is 120 Å². The maximum absolute atomic E-state index is 13.7. The largest absolute Gasteiger partial charge is 0.477 e. The Morgan fingerprint density at radius 2 is 2.19 bits per heavy atom. The Hall–Kier alpha value is -2.54. The second kappa shape index (κ2) is 6.76. The van der Waals surface area contributed by atoms with E-state index in [1.165, 1.54) is 19.2 Å². The molecule has 0 fully saturated rings. The van der Waals surface area contributed by atoms with Crippen molar-refractivity contribution in [1.29, 1.82) is 0 Å². The lowest BCUT2D eigenvalue weighted by molar-refractivity contribution is 0.0697. The molecule has 1 aromatic carbocycles. The fraction of sp³-hybridized carbons (Fsp3) is 0.214. The highest BCUT2D eigenvalue weighted by atomic mass is 19.1. The number of aromatic carboxylic acids is 1. The van der Waals surface area contributed by atoms with Crippen molar-refractivity contribution in [1.82, 2.24) is 9.97 Å². The molecule has 0 atom stereocenters. The summed E-state index contributed by atoms with van der Waals surface area (Å²) in [6.45, 7) is 0.766. The first-order valence-corrected chi connectivity index (χ1v) is 6.21. The van der Waals surface area contributed by atoms with Crippen LogP contribution in [0.15, 0.2) is 30.5 Å². The molecular formula is C14H14FN3O3. The minimum Gasteiger partial charge on any atom is -0.477 e. The molecule has 6 nitrogen and oxygen atoms in total. The van der Waals surface area contributed by atoms with E-state index in [1.54, 1.807) is 12.1 Å². The van der Waals surface area contributed by atoms with Crippen LogP contribution in [0.2, 0.25) is 0 Å². The van der Waals surface area contributed by atoms with Crippen molar-refractivity contribution in [3.63, 3.8) is 0 Å². The highest BCUT2D eigenvalue weighted by molar-refractivity contribution is 5.93. The summed E-state index contributed by atoms with van der Waals surface area (Å²) >= 11 is 0. The van der Waals surface area contributed by atoms with Crippen LogP contribution < -0.4 is 5.32 Å². The quantitative estimate of drug-likeness (QED) is 0.792. The zero-order valence-corrected chi connectivity index (χ0v) is 11.3. The van der Waals surface area contributed by atoms with E-state index >= 15 is 0 Å². The van der Waals surface area contributed by atoms with Crippen molar-refractivity contribution < 1.29 is 19.0 Å². The van der Waals surface area contributed by atoms with Gasteiger partial charge in [-0.25, -0.2) is 19.2 Å². The van der Waals surface area contributed by atoms with Gasteiger partial charge in [0.15, 0.2) is 5.82 Å². The number of benzene rings is 1. The highest BCUT2D eigenvalue weighted by Crippen LogP contribution is 2.21. The first kappa shape index (κ1) is 14.9. The van der Waals surface area contributed by atoms with Gasteiger partial charge >= 0.3 is 5.97 Å². The molecule has 0 aliphatic heterocycles. The lowest BCUT2D eigenvalue weighted by Crippen LogP contribution is -2.14. The van der Waals surface area contributed by atoms with Crippen LogP contribution in [0.4, 0.5) is 10.2 Å². The van der Waals surface area contributed by atoms with E-state index in [0.717, 1.165) is 6.20 Å². The molecule has 0 saturated heterocycles. The minimum atomic E-state index is -1.16. The number of rotatable bonds is 6. The van der Waals surface area contributed by atoms with Gasteiger partial charge < -0.3 is 15.2 Å². The van der Waals surface area contributed by atoms with Crippen molar-refractivity contribution in [2.24, 2.45) is 0 Å². The SMILES string of the molecule is COCCNc1nc(-c2ccccc2F)ncc1C(=O)O. The molecule has 110 valence electrons. The predicted octanol–water partition coefficient (Wildman–Crippen LogP) is 2.04. The van der Waals surface area contributed by atoms with Crippen LogP contribution >= 0.6 is 0 Å². The normalized spacial score (nSPS) is 10.4. The van der Waals surface area contributed by atoms with Crippen LogP contribution in [0.3, 0.4) is 0 Å². The van der Waals surface area contributed by atoms with E-state index in [-0.39, 0.29) is 22.8 Å². The third kappa shape index (κ3) is 3.51. The van der Waals surface area contributed by atoms with Crippen LogP contribution in [0.1, 0.15) is 10.4 Å². The van der Waals surface area contributed by atoms with Gasteiger partial charge in [-0.15, -0.1) is 0 Å². The molecule has 0 unspecified atom stereocenters. The molecule has 21 heavy (non-hydrogen) atoms. The number of halogens is 1. The first-order valence-electron chi connectivity index (χ1n) is 6.21. The average molecular weight is 291 g/mol. The number of carbonyl (C=O) groups is 1. The zero-order chi connectivity index (χ0) is 15.2. The second-order valence-electron chi connectivity index (χ2n) is 4.16. The lowest BCUT2D eigenvalue weighted by atomic mass is 10.2. The summed E-state index contributed by atoms with van der Waals surface area (Å²) in [4.78, 5) is 19.2. The third-order valence-corrected chi connectivity index (χ3v) is 2.73. The number of methoxy groups -OCH3 is 1. The molecule has 0 spiro atoms. The van der Waals surface area contributed by atoms with Crippen molar-refractivity contribution in [3.05, 3.63) is 41.8 Å². The van der Waals surface area contributed by atoms with Gasteiger partial charge in [0.1, 0.15) is 17.2 Å². The van der Waals surface area contributed by atoms with Gasteiger partial charge in [-0.1, -0.05) is 12.1 Å². The zero-order valence-electron chi connectivity index (χ0n) is 11.3. The minimum absolute atomic E-state index is 0.0776. The summed E-state index contributed by atoms with van der Waals surface area (Å²) in [6, 6.07) is 6.04. The molecule has 2 N–H and O–H groups in total. The predicted molar refractivity (Wildman–Crippen MR) is 74.8 cm³/mol. The Morgan fingerprint density at radius 3 is 2.86 bits per heavy atom. The number of carboxylic acid groups (broad SMARTS) is 1. The maximum Gasteiger partial charge on any atom is 0.341 e. The first-order chi connectivity index (χ1) is 10.1. The van der Waals surface area contributed by atoms with Crippen molar-refractivity contribution in [2.45, 2.75) is 0 Å². The Bertz CT molecular complexity index is 649. The number of hydrogen-bond donors (Lipinski definition) is 2. The van der Waals surface area contributed by atoms with E-state index in [2.05, 4.69) is 15.3 Å². The summed E-state index contributed by atoms with van der Waals surface area (Å²) in [6.07, 6.45) is 1.16. The number of anilines is 1.